The fourth-order valence-electron chi connectivity index (χ4n) is 2.11. The van der Waals surface area contributed by atoms with Crippen LogP contribution in [0.1, 0.15) is 25.5 Å². The predicted molar refractivity (Wildman–Crippen MR) is 67.8 cm³/mol. The topological polar surface area (TPSA) is 38.5 Å². The van der Waals surface area contributed by atoms with E-state index in [2.05, 4.69) is 4.74 Å². The Morgan fingerprint density at radius 3 is 2.26 bits per heavy atom. The second-order valence-electron chi connectivity index (χ2n) is 4.06. The predicted octanol–water partition coefficient (Wildman–Crippen LogP) is 2.93. The molecule has 0 aliphatic heterocycles. The SMILES string of the molecule is CCN(CC)[C@@H](CN)c1ccccc1OC(F)(F)F. The molecule has 0 radical (unpaired) electrons. The van der Waals surface area contributed by atoms with Gasteiger partial charge in [0.1, 0.15) is 5.75 Å². The number of halogens is 3. The van der Waals surface area contributed by atoms with Crippen molar-refractivity contribution in [2.45, 2.75) is 26.3 Å². The normalized spacial score (nSPS) is 13.6. The maximum atomic E-state index is 12.4. The summed E-state index contributed by atoms with van der Waals surface area (Å²) >= 11 is 0. The molecule has 0 saturated heterocycles. The summed E-state index contributed by atoms with van der Waals surface area (Å²) in [6, 6.07) is 5.85. The molecular formula is C13H19F3N2O. The number of rotatable bonds is 6. The molecule has 0 amide bonds. The van der Waals surface area contributed by atoms with Gasteiger partial charge in [-0.25, -0.2) is 0 Å². The third kappa shape index (κ3) is 4.40. The zero-order chi connectivity index (χ0) is 14.5. The van der Waals surface area contributed by atoms with Crippen LogP contribution in [-0.2, 0) is 0 Å². The van der Waals surface area contributed by atoms with Crippen molar-refractivity contribution < 1.29 is 17.9 Å². The Labute approximate surface area is 111 Å². The first-order valence-electron chi connectivity index (χ1n) is 6.21. The van der Waals surface area contributed by atoms with Crippen LogP contribution >= 0.6 is 0 Å². The molecule has 19 heavy (non-hydrogen) atoms. The Hall–Kier alpha value is -1.27. The van der Waals surface area contributed by atoms with E-state index >= 15 is 0 Å². The van der Waals surface area contributed by atoms with Crippen molar-refractivity contribution in [3.8, 4) is 5.75 Å². The molecule has 1 rings (SSSR count). The van der Waals surface area contributed by atoms with Crippen LogP contribution in [0.5, 0.6) is 5.75 Å². The number of hydrogen-bond donors (Lipinski definition) is 1. The van der Waals surface area contributed by atoms with Gasteiger partial charge in [-0.3, -0.25) is 4.90 Å². The Bertz CT molecular complexity index is 392. The summed E-state index contributed by atoms with van der Waals surface area (Å²) in [5, 5.41) is 0. The zero-order valence-corrected chi connectivity index (χ0v) is 11.1. The van der Waals surface area contributed by atoms with E-state index in [0.29, 0.717) is 18.7 Å². The van der Waals surface area contributed by atoms with Crippen molar-refractivity contribution in [3.05, 3.63) is 29.8 Å². The quantitative estimate of drug-likeness (QED) is 0.868. The lowest BCUT2D eigenvalue weighted by atomic mass is 10.0. The lowest BCUT2D eigenvalue weighted by Crippen LogP contribution is -2.34. The number of nitrogens with zero attached hydrogens (tertiary/aromatic N) is 1. The molecule has 0 bridgehead atoms. The second-order valence-corrected chi connectivity index (χ2v) is 4.06. The molecule has 0 saturated carbocycles. The number of nitrogens with two attached hydrogens (primary N) is 1. The largest absolute Gasteiger partial charge is 0.573 e. The minimum absolute atomic E-state index is 0.183. The highest BCUT2D eigenvalue weighted by molar-refractivity contribution is 5.36. The Morgan fingerprint density at radius 2 is 1.79 bits per heavy atom. The molecule has 0 aliphatic rings. The van der Waals surface area contributed by atoms with Gasteiger partial charge in [0, 0.05) is 12.1 Å². The smallest absolute Gasteiger partial charge is 0.405 e. The molecule has 0 aromatic heterocycles. The summed E-state index contributed by atoms with van der Waals surface area (Å²) in [5.74, 6) is -0.183. The van der Waals surface area contributed by atoms with Gasteiger partial charge in [0.15, 0.2) is 0 Å². The highest BCUT2D eigenvalue weighted by Crippen LogP contribution is 2.32. The first kappa shape index (κ1) is 15.8. The lowest BCUT2D eigenvalue weighted by molar-refractivity contribution is -0.275. The Morgan fingerprint density at radius 1 is 1.21 bits per heavy atom. The summed E-state index contributed by atoms with van der Waals surface area (Å²) in [5.41, 5.74) is 6.17. The monoisotopic (exact) mass is 276 g/mol. The summed E-state index contributed by atoms with van der Waals surface area (Å²) < 4.78 is 41.2. The van der Waals surface area contributed by atoms with Crippen molar-refractivity contribution in [3.63, 3.8) is 0 Å². The van der Waals surface area contributed by atoms with E-state index in [1.54, 1.807) is 12.1 Å². The maximum Gasteiger partial charge on any atom is 0.573 e. The molecule has 6 heteroatoms. The molecule has 2 N–H and O–H groups in total. The van der Waals surface area contributed by atoms with Crippen LogP contribution in [-0.4, -0.2) is 30.9 Å². The van der Waals surface area contributed by atoms with Gasteiger partial charge in [0.05, 0.1) is 6.04 Å². The standard InChI is InChI=1S/C13H19F3N2O/c1-3-18(4-2)11(9-17)10-7-5-6-8-12(10)19-13(14,15)16/h5-8,11H,3-4,9,17H2,1-2H3/t11-/m0/s1. The van der Waals surface area contributed by atoms with E-state index in [9.17, 15) is 13.2 Å². The number of likely N-dealkylation sites (N-methyl/N-ethyl adjacent to an activating group) is 1. The minimum Gasteiger partial charge on any atom is -0.405 e. The van der Waals surface area contributed by atoms with E-state index in [0.717, 1.165) is 0 Å². The van der Waals surface area contributed by atoms with Gasteiger partial charge < -0.3 is 10.5 Å². The van der Waals surface area contributed by atoms with Gasteiger partial charge >= 0.3 is 6.36 Å². The van der Waals surface area contributed by atoms with Gasteiger partial charge in [-0.15, -0.1) is 13.2 Å². The summed E-state index contributed by atoms with van der Waals surface area (Å²) in [6.07, 6.45) is -4.70. The van der Waals surface area contributed by atoms with Gasteiger partial charge in [-0.2, -0.15) is 0 Å². The van der Waals surface area contributed by atoms with E-state index in [4.69, 9.17) is 5.73 Å². The first-order chi connectivity index (χ1) is 8.92. The molecule has 0 fully saturated rings. The molecule has 1 atom stereocenters. The highest BCUT2D eigenvalue weighted by Gasteiger charge is 2.33. The molecule has 1 aromatic carbocycles. The van der Waals surface area contributed by atoms with E-state index in [-0.39, 0.29) is 18.3 Å². The van der Waals surface area contributed by atoms with E-state index < -0.39 is 6.36 Å². The number of benzene rings is 1. The zero-order valence-electron chi connectivity index (χ0n) is 11.1. The van der Waals surface area contributed by atoms with Gasteiger partial charge in [0.2, 0.25) is 0 Å². The van der Waals surface area contributed by atoms with E-state index in [1.807, 2.05) is 18.7 Å². The summed E-state index contributed by atoms with van der Waals surface area (Å²) in [7, 11) is 0. The van der Waals surface area contributed by atoms with Crippen molar-refractivity contribution in [1.82, 2.24) is 4.90 Å². The molecule has 1 aromatic rings. The van der Waals surface area contributed by atoms with Gasteiger partial charge in [0.25, 0.3) is 0 Å². The van der Waals surface area contributed by atoms with Crippen LogP contribution in [0.2, 0.25) is 0 Å². The molecule has 0 spiro atoms. The lowest BCUT2D eigenvalue weighted by Gasteiger charge is -2.30. The fraction of sp³-hybridized carbons (Fsp3) is 0.538. The van der Waals surface area contributed by atoms with E-state index in [1.165, 1.54) is 12.1 Å². The van der Waals surface area contributed by atoms with Crippen LogP contribution in [0.25, 0.3) is 0 Å². The summed E-state index contributed by atoms with van der Waals surface area (Å²) in [6.45, 7) is 5.54. The minimum atomic E-state index is -4.70. The Balaban J connectivity index is 3.09. The van der Waals surface area contributed by atoms with Crippen LogP contribution in [0.3, 0.4) is 0 Å². The van der Waals surface area contributed by atoms with Crippen LogP contribution < -0.4 is 10.5 Å². The summed E-state index contributed by atoms with van der Waals surface area (Å²) in [4.78, 5) is 2.00. The number of para-hydroxylation sites is 1. The van der Waals surface area contributed by atoms with Gasteiger partial charge in [-0.1, -0.05) is 32.0 Å². The van der Waals surface area contributed by atoms with Crippen LogP contribution in [0, 0.1) is 0 Å². The second kappa shape index (κ2) is 6.77. The third-order valence-corrected chi connectivity index (χ3v) is 2.98. The fourth-order valence-corrected chi connectivity index (χ4v) is 2.11. The highest BCUT2D eigenvalue weighted by atomic mass is 19.4. The third-order valence-electron chi connectivity index (χ3n) is 2.98. The molecular weight excluding hydrogens is 257 g/mol. The maximum absolute atomic E-state index is 12.4. The molecule has 3 nitrogen and oxygen atoms in total. The van der Waals surface area contributed by atoms with Gasteiger partial charge in [-0.05, 0) is 19.2 Å². The number of ether oxygens (including phenoxy) is 1. The average molecular weight is 276 g/mol. The van der Waals surface area contributed by atoms with Crippen molar-refractivity contribution in [2.24, 2.45) is 5.73 Å². The molecule has 0 heterocycles. The Kier molecular flexibility index (Phi) is 5.62. The first-order valence-corrected chi connectivity index (χ1v) is 6.21. The van der Waals surface area contributed by atoms with Crippen LogP contribution in [0.15, 0.2) is 24.3 Å². The van der Waals surface area contributed by atoms with Crippen molar-refractivity contribution in [2.75, 3.05) is 19.6 Å². The van der Waals surface area contributed by atoms with Crippen molar-refractivity contribution >= 4 is 0 Å². The van der Waals surface area contributed by atoms with Crippen molar-refractivity contribution in [1.29, 1.82) is 0 Å². The molecule has 0 aliphatic carbocycles. The molecule has 108 valence electrons. The number of alkyl halides is 3. The average Bonchev–Trinajstić information content (AvgIpc) is 2.35. The molecule has 0 unspecified atom stereocenters. The number of hydrogen-bond acceptors (Lipinski definition) is 3. The van der Waals surface area contributed by atoms with Crippen LogP contribution in [0.4, 0.5) is 13.2 Å².